The summed E-state index contributed by atoms with van der Waals surface area (Å²) in [5.74, 6) is 1.12. The molecule has 0 bridgehead atoms. The second-order valence-corrected chi connectivity index (χ2v) is 7.71. The predicted molar refractivity (Wildman–Crippen MR) is 104 cm³/mol. The van der Waals surface area contributed by atoms with E-state index in [2.05, 4.69) is 15.5 Å². The second kappa shape index (κ2) is 9.40. The number of carbonyl (C=O) groups excluding carboxylic acids is 1. The Morgan fingerprint density at radius 3 is 2.77 bits per heavy atom. The lowest BCUT2D eigenvalue weighted by Crippen LogP contribution is -2.31. The molecule has 0 saturated heterocycles. The van der Waals surface area contributed by atoms with Crippen LogP contribution in [-0.4, -0.2) is 33.3 Å². The molecule has 8 heteroatoms. The highest BCUT2D eigenvalue weighted by atomic mass is 32.2. The summed E-state index contributed by atoms with van der Waals surface area (Å²) in [6, 6.07) is 13.7. The van der Waals surface area contributed by atoms with Crippen LogP contribution in [0.15, 0.2) is 57.5 Å². The van der Waals surface area contributed by atoms with Crippen LogP contribution in [0.3, 0.4) is 0 Å². The average Bonchev–Trinajstić information content (AvgIpc) is 3.32. The molecule has 0 aliphatic rings. The Balaban J connectivity index is 1.63. The fraction of sp³-hybridized carbons (Fsp3) is 0.278. The highest BCUT2D eigenvalue weighted by Gasteiger charge is 2.17. The summed E-state index contributed by atoms with van der Waals surface area (Å²) in [5.41, 5.74) is 1.09. The topological polar surface area (TPSA) is 71.3 Å². The number of furan rings is 1. The molecule has 2 heterocycles. The third-order valence-electron chi connectivity index (χ3n) is 3.55. The fourth-order valence-electron chi connectivity index (χ4n) is 2.33. The van der Waals surface area contributed by atoms with Crippen molar-refractivity contribution in [1.82, 2.24) is 15.1 Å². The maximum Gasteiger partial charge on any atom is 0.233 e. The highest BCUT2D eigenvalue weighted by Crippen LogP contribution is 2.26. The van der Waals surface area contributed by atoms with Crippen molar-refractivity contribution in [1.29, 1.82) is 0 Å². The summed E-state index contributed by atoms with van der Waals surface area (Å²) in [6.07, 6.45) is 1.62. The van der Waals surface area contributed by atoms with Gasteiger partial charge in [-0.05, 0) is 24.6 Å². The number of rotatable bonds is 9. The first-order chi connectivity index (χ1) is 12.7. The summed E-state index contributed by atoms with van der Waals surface area (Å²) in [7, 11) is 0. The first kappa shape index (κ1) is 18.5. The Morgan fingerprint density at radius 1 is 1.19 bits per heavy atom. The number of hydrogen-bond donors (Lipinski definition) is 1. The molecule has 1 aromatic carbocycles. The first-order valence-corrected chi connectivity index (χ1v) is 10.1. The summed E-state index contributed by atoms with van der Waals surface area (Å²) in [4.78, 5) is 14.6. The molecule has 0 aliphatic carbocycles. The molecule has 0 radical (unpaired) electrons. The molecule has 0 spiro atoms. The molecular formula is C18H20N4O2S2. The van der Waals surface area contributed by atoms with Gasteiger partial charge in [0.1, 0.15) is 5.76 Å². The van der Waals surface area contributed by atoms with Gasteiger partial charge in [0.2, 0.25) is 11.0 Å². The zero-order valence-electron chi connectivity index (χ0n) is 14.4. The van der Waals surface area contributed by atoms with Gasteiger partial charge in [0.25, 0.3) is 0 Å². The van der Waals surface area contributed by atoms with Gasteiger partial charge >= 0.3 is 0 Å². The van der Waals surface area contributed by atoms with Gasteiger partial charge in [-0.1, -0.05) is 53.4 Å². The Kier molecular flexibility index (Phi) is 6.68. The lowest BCUT2D eigenvalue weighted by Gasteiger charge is -2.21. The molecule has 136 valence electrons. The largest absolute Gasteiger partial charge is 0.467 e. The van der Waals surface area contributed by atoms with E-state index in [4.69, 9.17) is 4.42 Å². The van der Waals surface area contributed by atoms with Gasteiger partial charge in [0.15, 0.2) is 4.34 Å². The van der Waals surface area contributed by atoms with E-state index in [1.165, 1.54) is 23.1 Å². The standard InChI is InChI=1S/C18H20N4O2S2/c1-2-19-17-20-21-18(26-17)25-13-16(23)22(12-15-9-6-10-24-15)11-14-7-4-3-5-8-14/h3-10H,2,11-13H2,1H3,(H,19,20). The third kappa shape index (κ3) is 5.34. The average molecular weight is 389 g/mol. The molecule has 1 N–H and O–H groups in total. The summed E-state index contributed by atoms with van der Waals surface area (Å²) < 4.78 is 6.20. The van der Waals surface area contributed by atoms with Crippen molar-refractivity contribution in [3.05, 3.63) is 60.1 Å². The number of hydrogen-bond acceptors (Lipinski definition) is 7. The van der Waals surface area contributed by atoms with Crippen molar-refractivity contribution in [2.75, 3.05) is 17.6 Å². The number of carbonyl (C=O) groups is 1. The molecule has 2 aromatic heterocycles. The quantitative estimate of drug-likeness (QED) is 0.561. The number of thioether (sulfide) groups is 1. The van der Waals surface area contributed by atoms with Crippen molar-refractivity contribution >= 4 is 34.1 Å². The monoisotopic (exact) mass is 388 g/mol. The van der Waals surface area contributed by atoms with Crippen molar-refractivity contribution < 1.29 is 9.21 Å². The minimum absolute atomic E-state index is 0.0375. The number of aromatic nitrogens is 2. The van der Waals surface area contributed by atoms with E-state index in [1.54, 1.807) is 11.2 Å². The van der Waals surface area contributed by atoms with E-state index in [-0.39, 0.29) is 5.91 Å². The molecule has 1 amide bonds. The number of nitrogens with one attached hydrogen (secondary N) is 1. The van der Waals surface area contributed by atoms with Crippen molar-refractivity contribution in [3.8, 4) is 0 Å². The minimum atomic E-state index is 0.0375. The molecule has 0 aliphatic heterocycles. The van der Waals surface area contributed by atoms with E-state index >= 15 is 0 Å². The second-order valence-electron chi connectivity index (χ2n) is 5.51. The summed E-state index contributed by atoms with van der Waals surface area (Å²) >= 11 is 2.87. The van der Waals surface area contributed by atoms with Crippen molar-refractivity contribution in [2.45, 2.75) is 24.4 Å². The van der Waals surface area contributed by atoms with E-state index in [0.717, 1.165) is 27.3 Å². The van der Waals surface area contributed by atoms with Crippen LogP contribution >= 0.6 is 23.1 Å². The molecule has 26 heavy (non-hydrogen) atoms. The minimum Gasteiger partial charge on any atom is -0.467 e. The molecule has 0 saturated carbocycles. The predicted octanol–water partition coefficient (Wildman–Crippen LogP) is 3.88. The van der Waals surface area contributed by atoms with Crippen LogP contribution in [0.25, 0.3) is 0 Å². The summed E-state index contributed by atoms with van der Waals surface area (Å²) in [5, 5.41) is 12.1. The number of nitrogens with zero attached hydrogens (tertiary/aromatic N) is 3. The third-order valence-corrected chi connectivity index (χ3v) is 5.55. The first-order valence-electron chi connectivity index (χ1n) is 8.29. The van der Waals surface area contributed by atoms with Crippen molar-refractivity contribution in [2.24, 2.45) is 0 Å². The Morgan fingerprint density at radius 2 is 2.04 bits per heavy atom. The Bertz CT molecular complexity index is 806. The lowest BCUT2D eigenvalue weighted by atomic mass is 10.2. The van der Waals surface area contributed by atoms with Crippen LogP contribution in [-0.2, 0) is 17.9 Å². The lowest BCUT2D eigenvalue weighted by molar-refractivity contribution is -0.129. The van der Waals surface area contributed by atoms with E-state index in [1.807, 2.05) is 49.4 Å². The molecule has 0 unspecified atom stereocenters. The molecule has 0 atom stereocenters. The molecular weight excluding hydrogens is 368 g/mol. The van der Waals surface area contributed by atoms with E-state index < -0.39 is 0 Å². The Hall–Kier alpha value is -2.32. The normalized spacial score (nSPS) is 10.7. The van der Waals surface area contributed by atoms with Gasteiger partial charge in [-0.2, -0.15) is 0 Å². The van der Waals surface area contributed by atoms with Gasteiger partial charge in [0.05, 0.1) is 18.6 Å². The number of anilines is 1. The van der Waals surface area contributed by atoms with Crippen LogP contribution in [0, 0.1) is 0 Å². The smallest absolute Gasteiger partial charge is 0.233 e. The van der Waals surface area contributed by atoms with Gasteiger partial charge < -0.3 is 14.6 Å². The maximum absolute atomic E-state index is 12.8. The van der Waals surface area contributed by atoms with E-state index in [0.29, 0.717) is 18.8 Å². The van der Waals surface area contributed by atoms with Gasteiger partial charge in [-0.15, -0.1) is 10.2 Å². The van der Waals surface area contributed by atoms with Crippen LogP contribution in [0.2, 0.25) is 0 Å². The molecule has 3 aromatic rings. The number of benzene rings is 1. The highest BCUT2D eigenvalue weighted by molar-refractivity contribution is 8.01. The zero-order chi connectivity index (χ0) is 18.2. The van der Waals surface area contributed by atoms with E-state index in [9.17, 15) is 4.79 Å². The van der Waals surface area contributed by atoms with Gasteiger partial charge in [-0.3, -0.25) is 4.79 Å². The van der Waals surface area contributed by atoms with Gasteiger partial charge in [0, 0.05) is 13.1 Å². The van der Waals surface area contributed by atoms with Crippen LogP contribution in [0.5, 0.6) is 0 Å². The zero-order valence-corrected chi connectivity index (χ0v) is 16.1. The Labute approximate surface area is 160 Å². The van der Waals surface area contributed by atoms with Gasteiger partial charge in [-0.25, -0.2) is 0 Å². The molecule has 6 nitrogen and oxygen atoms in total. The van der Waals surface area contributed by atoms with Crippen LogP contribution in [0.4, 0.5) is 5.13 Å². The van der Waals surface area contributed by atoms with Crippen LogP contribution < -0.4 is 5.32 Å². The molecule has 3 rings (SSSR count). The fourth-order valence-corrected chi connectivity index (χ4v) is 4.05. The molecule has 0 fully saturated rings. The van der Waals surface area contributed by atoms with Crippen LogP contribution in [0.1, 0.15) is 18.2 Å². The number of amides is 1. The van der Waals surface area contributed by atoms with Crippen molar-refractivity contribution in [3.63, 3.8) is 0 Å². The summed E-state index contributed by atoms with van der Waals surface area (Å²) in [6.45, 7) is 3.79. The SMILES string of the molecule is CCNc1nnc(SCC(=O)N(Cc2ccccc2)Cc2ccco2)s1. The maximum atomic E-state index is 12.8.